The van der Waals surface area contributed by atoms with Crippen molar-refractivity contribution < 1.29 is 14.6 Å². The van der Waals surface area contributed by atoms with Crippen LogP contribution in [0.4, 0.5) is 0 Å². The summed E-state index contributed by atoms with van der Waals surface area (Å²) in [7, 11) is 0. The van der Waals surface area contributed by atoms with Gasteiger partial charge in [0.1, 0.15) is 23.4 Å². The minimum absolute atomic E-state index is 0.0732. The van der Waals surface area contributed by atoms with Crippen LogP contribution < -0.4 is 9.47 Å². The van der Waals surface area contributed by atoms with E-state index in [1.807, 2.05) is 54.6 Å². The van der Waals surface area contributed by atoms with Crippen LogP contribution in [0.25, 0.3) is 0 Å². The third kappa shape index (κ3) is 3.11. The second kappa shape index (κ2) is 5.97. The van der Waals surface area contributed by atoms with E-state index in [-0.39, 0.29) is 12.2 Å². The van der Waals surface area contributed by atoms with E-state index in [0.29, 0.717) is 0 Å². The summed E-state index contributed by atoms with van der Waals surface area (Å²) in [6, 6.07) is 17.2. The van der Waals surface area contributed by atoms with Crippen molar-refractivity contribution in [1.82, 2.24) is 0 Å². The van der Waals surface area contributed by atoms with Crippen molar-refractivity contribution in [3.05, 3.63) is 54.6 Å². The van der Waals surface area contributed by atoms with E-state index in [1.54, 1.807) is 0 Å². The number of hydrogen-bond acceptors (Lipinski definition) is 3. The van der Waals surface area contributed by atoms with Gasteiger partial charge in [-0.1, -0.05) is 18.2 Å². The van der Waals surface area contributed by atoms with Crippen molar-refractivity contribution in [2.75, 3.05) is 0 Å². The van der Waals surface area contributed by atoms with E-state index in [1.165, 1.54) is 0 Å². The summed E-state index contributed by atoms with van der Waals surface area (Å²) in [5.74, 6) is 2.36. The smallest absolute Gasteiger partial charge is 0.127 e. The van der Waals surface area contributed by atoms with Crippen LogP contribution in [0.3, 0.4) is 0 Å². The first-order valence-corrected chi connectivity index (χ1v) is 6.99. The summed E-state index contributed by atoms with van der Waals surface area (Å²) < 4.78 is 11.5. The van der Waals surface area contributed by atoms with E-state index in [9.17, 15) is 5.11 Å². The first-order chi connectivity index (χ1) is 9.81. The van der Waals surface area contributed by atoms with Gasteiger partial charge in [-0.3, -0.25) is 0 Å². The van der Waals surface area contributed by atoms with Gasteiger partial charge in [0, 0.05) is 0 Å². The molecule has 0 unspecified atom stereocenters. The quantitative estimate of drug-likeness (QED) is 0.919. The topological polar surface area (TPSA) is 38.7 Å². The van der Waals surface area contributed by atoms with Gasteiger partial charge in [-0.2, -0.15) is 0 Å². The summed E-state index contributed by atoms with van der Waals surface area (Å²) in [6.45, 7) is 0. The second-order valence-corrected chi connectivity index (χ2v) is 5.04. The lowest BCUT2D eigenvalue weighted by atomic mass is 10.2. The fourth-order valence-electron chi connectivity index (χ4n) is 2.43. The average Bonchev–Trinajstić information content (AvgIpc) is 2.88. The molecule has 3 heteroatoms. The van der Waals surface area contributed by atoms with Gasteiger partial charge in [0.25, 0.3) is 0 Å². The third-order valence-electron chi connectivity index (χ3n) is 3.51. The van der Waals surface area contributed by atoms with E-state index in [0.717, 1.165) is 36.5 Å². The molecular formula is C17H18O3. The molecule has 2 aromatic carbocycles. The number of benzene rings is 2. The van der Waals surface area contributed by atoms with Gasteiger partial charge in [0.05, 0.1) is 6.10 Å². The number of aliphatic hydroxyl groups excluding tert-OH is 1. The van der Waals surface area contributed by atoms with Crippen LogP contribution in [-0.4, -0.2) is 17.3 Å². The summed E-state index contributed by atoms with van der Waals surface area (Å²) >= 11 is 0. The maximum absolute atomic E-state index is 9.75. The summed E-state index contributed by atoms with van der Waals surface area (Å²) in [5, 5.41) is 9.75. The average molecular weight is 270 g/mol. The molecule has 0 saturated heterocycles. The molecule has 1 fully saturated rings. The van der Waals surface area contributed by atoms with Gasteiger partial charge >= 0.3 is 0 Å². The molecule has 2 aromatic rings. The Hall–Kier alpha value is -2.00. The molecule has 104 valence electrons. The van der Waals surface area contributed by atoms with Crippen LogP contribution in [0, 0.1) is 0 Å². The lowest BCUT2D eigenvalue weighted by Gasteiger charge is -2.17. The number of hydrogen-bond donors (Lipinski definition) is 1. The zero-order valence-electron chi connectivity index (χ0n) is 11.2. The fraction of sp³-hybridized carbons (Fsp3) is 0.294. The Morgan fingerprint density at radius 2 is 1.45 bits per heavy atom. The molecule has 0 bridgehead atoms. The van der Waals surface area contributed by atoms with Crippen molar-refractivity contribution >= 4 is 0 Å². The molecule has 0 amide bonds. The Morgan fingerprint density at radius 3 is 2.10 bits per heavy atom. The predicted molar refractivity (Wildman–Crippen MR) is 77.2 cm³/mol. The largest absolute Gasteiger partial charge is 0.488 e. The molecule has 1 aliphatic rings. The molecule has 0 spiro atoms. The number of ether oxygens (including phenoxy) is 2. The molecule has 20 heavy (non-hydrogen) atoms. The SMILES string of the molecule is O[C@H]1CCC[C@@H]1Oc1ccc(Oc2ccccc2)cc1. The van der Waals surface area contributed by atoms with Gasteiger partial charge in [-0.25, -0.2) is 0 Å². The molecule has 0 aromatic heterocycles. The van der Waals surface area contributed by atoms with Crippen molar-refractivity contribution in [1.29, 1.82) is 0 Å². The molecule has 3 rings (SSSR count). The van der Waals surface area contributed by atoms with Crippen LogP contribution >= 0.6 is 0 Å². The molecular weight excluding hydrogens is 252 g/mol. The predicted octanol–water partition coefficient (Wildman–Crippen LogP) is 3.77. The molecule has 1 aliphatic carbocycles. The highest BCUT2D eigenvalue weighted by molar-refractivity contribution is 5.35. The Balaban J connectivity index is 1.62. The van der Waals surface area contributed by atoms with Crippen molar-refractivity contribution in [2.24, 2.45) is 0 Å². The molecule has 0 radical (unpaired) electrons. The minimum Gasteiger partial charge on any atom is -0.488 e. The first-order valence-electron chi connectivity index (χ1n) is 6.99. The van der Waals surface area contributed by atoms with Gasteiger partial charge in [-0.05, 0) is 55.7 Å². The Morgan fingerprint density at radius 1 is 0.800 bits per heavy atom. The molecule has 0 heterocycles. The van der Waals surface area contributed by atoms with Crippen LogP contribution in [0.5, 0.6) is 17.2 Å². The van der Waals surface area contributed by atoms with Crippen molar-refractivity contribution in [2.45, 2.75) is 31.5 Å². The highest BCUT2D eigenvalue weighted by Crippen LogP contribution is 2.27. The fourth-order valence-corrected chi connectivity index (χ4v) is 2.43. The second-order valence-electron chi connectivity index (χ2n) is 5.04. The van der Waals surface area contributed by atoms with E-state index in [4.69, 9.17) is 9.47 Å². The van der Waals surface area contributed by atoms with Gasteiger partial charge < -0.3 is 14.6 Å². The molecule has 2 atom stereocenters. The van der Waals surface area contributed by atoms with Crippen LogP contribution in [0.1, 0.15) is 19.3 Å². The van der Waals surface area contributed by atoms with Crippen molar-refractivity contribution in [3.8, 4) is 17.2 Å². The highest BCUT2D eigenvalue weighted by atomic mass is 16.5. The van der Waals surface area contributed by atoms with Gasteiger partial charge in [-0.15, -0.1) is 0 Å². The van der Waals surface area contributed by atoms with Gasteiger partial charge in [0.15, 0.2) is 0 Å². The molecule has 0 aliphatic heterocycles. The van der Waals surface area contributed by atoms with Crippen LogP contribution in [0.2, 0.25) is 0 Å². The normalized spacial score (nSPS) is 21.6. The monoisotopic (exact) mass is 270 g/mol. The number of rotatable bonds is 4. The molecule has 1 N–H and O–H groups in total. The zero-order chi connectivity index (χ0) is 13.8. The summed E-state index contributed by atoms with van der Waals surface area (Å²) in [4.78, 5) is 0. The van der Waals surface area contributed by atoms with Crippen molar-refractivity contribution in [3.63, 3.8) is 0 Å². The van der Waals surface area contributed by atoms with Crippen LogP contribution in [-0.2, 0) is 0 Å². The Kier molecular flexibility index (Phi) is 3.88. The van der Waals surface area contributed by atoms with E-state index >= 15 is 0 Å². The molecule has 1 saturated carbocycles. The number of para-hydroxylation sites is 1. The standard InChI is InChI=1S/C17H18O3/c18-16-7-4-8-17(16)20-15-11-9-14(10-12-15)19-13-5-2-1-3-6-13/h1-3,5-6,9-12,16-18H,4,7-8H2/t16-,17-/m0/s1. The minimum atomic E-state index is -0.338. The van der Waals surface area contributed by atoms with Gasteiger partial charge in [0.2, 0.25) is 0 Å². The highest BCUT2D eigenvalue weighted by Gasteiger charge is 2.26. The Bertz CT molecular complexity index is 536. The van der Waals surface area contributed by atoms with Crippen LogP contribution in [0.15, 0.2) is 54.6 Å². The maximum atomic E-state index is 9.75. The zero-order valence-corrected chi connectivity index (χ0v) is 11.2. The third-order valence-corrected chi connectivity index (χ3v) is 3.51. The van der Waals surface area contributed by atoms with E-state index in [2.05, 4.69) is 0 Å². The maximum Gasteiger partial charge on any atom is 0.127 e. The lowest BCUT2D eigenvalue weighted by molar-refractivity contribution is 0.0604. The Labute approximate surface area is 118 Å². The lowest BCUT2D eigenvalue weighted by Crippen LogP contribution is -2.25. The summed E-state index contributed by atoms with van der Waals surface area (Å²) in [5.41, 5.74) is 0. The first kappa shape index (κ1) is 13.0. The number of aliphatic hydroxyl groups is 1. The summed E-state index contributed by atoms with van der Waals surface area (Å²) in [6.07, 6.45) is 2.37. The van der Waals surface area contributed by atoms with E-state index < -0.39 is 0 Å². The molecule has 3 nitrogen and oxygen atoms in total.